The SMILES string of the molecule is O=C(c1cc(F)c(Cl)nc1Cl)N1CCC(F)(F)C1. The highest BCUT2D eigenvalue weighted by Crippen LogP contribution is 2.29. The summed E-state index contributed by atoms with van der Waals surface area (Å²) in [4.78, 5) is 16.2. The standard InChI is InChI=1S/C10H7Cl2F3N2O/c11-7-5(3-6(13)8(12)16-7)9(18)17-2-1-10(14,15)4-17/h3H,1-2,4H2. The second kappa shape index (κ2) is 4.59. The van der Waals surface area contributed by atoms with Gasteiger partial charge in [-0.05, 0) is 6.07 Å². The summed E-state index contributed by atoms with van der Waals surface area (Å²) in [5.41, 5.74) is -0.267. The van der Waals surface area contributed by atoms with Gasteiger partial charge in [0.25, 0.3) is 11.8 Å². The number of nitrogens with zero attached hydrogens (tertiary/aromatic N) is 2. The van der Waals surface area contributed by atoms with Gasteiger partial charge in [-0.15, -0.1) is 0 Å². The molecule has 2 rings (SSSR count). The summed E-state index contributed by atoms with van der Waals surface area (Å²) in [6, 6.07) is 0.802. The van der Waals surface area contributed by atoms with E-state index in [4.69, 9.17) is 23.2 Å². The average molecular weight is 299 g/mol. The molecule has 0 aliphatic carbocycles. The predicted molar refractivity (Wildman–Crippen MR) is 59.7 cm³/mol. The van der Waals surface area contributed by atoms with Crippen LogP contribution in [0.5, 0.6) is 0 Å². The van der Waals surface area contributed by atoms with Crippen LogP contribution < -0.4 is 0 Å². The molecule has 1 fully saturated rings. The first kappa shape index (κ1) is 13.4. The lowest BCUT2D eigenvalue weighted by Crippen LogP contribution is -2.31. The summed E-state index contributed by atoms with van der Waals surface area (Å²) < 4.78 is 39.1. The molecule has 0 unspecified atom stereocenters. The lowest BCUT2D eigenvalue weighted by Gasteiger charge is -2.16. The van der Waals surface area contributed by atoms with Crippen molar-refractivity contribution in [1.29, 1.82) is 0 Å². The summed E-state index contributed by atoms with van der Waals surface area (Å²) in [5.74, 6) is -4.61. The highest BCUT2D eigenvalue weighted by molar-refractivity contribution is 6.34. The number of carbonyl (C=O) groups excluding carboxylic acids is 1. The van der Waals surface area contributed by atoms with Crippen LogP contribution in [0, 0.1) is 5.82 Å². The van der Waals surface area contributed by atoms with Gasteiger partial charge < -0.3 is 4.90 Å². The van der Waals surface area contributed by atoms with E-state index in [0.717, 1.165) is 11.0 Å². The fourth-order valence-corrected chi connectivity index (χ4v) is 2.08. The Morgan fingerprint density at radius 3 is 2.61 bits per heavy atom. The van der Waals surface area contributed by atoms with Crippen molar-refractivity contribution in [2.24, 2.45) is 0 Å². The normalized spacial score (nSPS) is 18.2. The zero-order valence-electron chi connectivity index (χ0n) is 8.89. The number of aromatic nitrogens is 1. The van der Waals surface area contributed by atoms with Crippen LogP contribution in [-0.4, -0.2) is 34.8 Å². The van der Waals surface area contributed by atoms with Gasteiger partial charge in [-0.2, -0.15) is 0 Å². The summed E-state index contributed by atoms with van der Waals surface area (Å²) in [5, 5.41) is -0.773. The molecule has 0 N–H and O–H groups in total. The molecule has 1 amide bonds. The Kier molecular flexibility index (Phi) is 3.42. The van der Waals surface area contributed by atoms with Crippen molar-refractivity contribution in [1.82, 2.24) is 9.88 Å². The first-order valence-corrected chi connectivity index (χ1v) is 5.74. The number of carbonyl (C=O) groups is 1. The molecular formula is C10H7Cl2F3N2O. The van der Waals surface area contributed by atoms with E-state index in [9.17, 15) is 18.0 Å². The Bertz CT molecular complexity index is 510. The van der Waals surface area contributed by atoms with Crippen molar-refractivity contribution in [2.45, 2.75) is 12.3 Å². The minimum absolute atomic E-state index is 0.105. The van der Waals surface area contributed by atoms with E-state index in [-0.39, 0.29) is 17.3 Å². The van der Waals surface area contributed by atoms with Crippen LogP contribution in [0.1, 0.15) is 16.8 Å². The maximum Gasteiger partial charge on any atom is 0.267 e. The van der Waals surface area contributed by atoms with Gasteiger partial charge in [0.2, 0.25) is 0 Å². The number of pyridine rings is 1. The molecule has 2 heterocycles. The number of hydrogen-bond acceptors (Lipinski definition) is 2. The van der Waals surface area contributed by atoms with Crippen molar-refractivity contribution in [2.75, 3.05) is 13.1 Å². The summed E-state index contributed by atoms with van der Waals surface area (Å²) >= 11 is 11.0. The molecular weight excluding hydrogens is 292 g/mol. The van der Waals surface area contributed by atoms with E-state index in [1.807, 2.05) is 0 Å². The first-order valence-electron chi connectivity index (χ1n) is 4.99. The molecule has 1 aliphatic rings. The quantitative estimate of drug-likeness (QED) is 0.747. The van der Waals surface area contributed by atoms with Crippen molar-refractivity contribution >= 4 is 29.1 Å². The highest BCUT2D eigenvalue weighted by Gasteiger charge is 2.41. The molecule has 1 aromatic rings. The van der Waals surface area contributed by atoms with E-state index < -0.39 is 35.8 Å². The van der Waals surface area contributed by atoms with Crippen LogP contribution in [0.2, 0.25) is 10.3 Å². The molecule has 0 aromatic carbocycles. The van der Waals surface area contributed by atoms with Gasteiger partial charge in [0.1, 0.15) is 5.15 Å². The third-order valence-corrected chi connectivity index (χ3v) is 3.13. The Labute approximate surface area is 110 Å². The van der Waals surface area contributed by atoms with Crippen molar-refractivity contribution < 1.29 is 18.0 Å². The zero-order valence-corrected chi connectivity index (χ0v) is 10.4. The number of alkyl halides is 2. The Morgan fingerprint density at radius 1 is 1.39 bits per heavy atom. The first-order chi connectivity index (χ1) is 8.30. The molecule has 0 atom stereocenters. The van der Waals surface area contributed by atoms with Gasteiger partial charge in [-0.1, -0.05) is 23.2 Å². The van der Waals surface area contributed by atoms with Gasteiger partial charge >= 0.3 is 0 Å². The lowest BCUT2D eigenvalue weighted by atomic mass is 10.2. The molecule has 0 bridgehead atoms. The van der Waals surface area contributed by atoms with Gasteiger partial charge in [-0.25, -0.2) is 18.2 Å². The molecule has 1 aromatic heterocycles. The maximum atomic E-state index is 13.2. The van der Waals surface area contributed by atoms with Crippen molar-refractivity contribution in [3.05, 3.63) is 27.8 Å². The Balaban J connectivity index is 2.27. The largest absolute Gasteiger partial charge is 0.332 e. The second-order valence-electron chi connectivity index (χ2n) is 3.93. The van der Waals surface area contributed by atoms with E-state index in [0.29, 0.717) is 0 Å². The third kappa shape index (κ3) is 2.54. The number of halogens is 5. The van der Waals surface area contributed by atoms with E-state index in [1.54, 1.807) is 0 Å². The van der Waals surface area contributed by atoms with Crippen LogP contribution in [0.3, 0.4) is 0 Å². The summed E-state index contributed by atoms with van der Waals surface area (Å²) in [6.45, 7) is -0.807. The van der Waals surface area contributed by atoms with Crippen molar-refractivity contribution in [3.8, 4) is 0 Å². The van der Waals surface area contributed by atoms with Crippen molar-refractivity contribution in [3.63, 3.8) is 0 Å². The number of amides is 1. The van der Waals surface area contributed by atoms with Gasteiger partial charge in [0.15, 0.2) is 11.0 Å². The average Bonchev–Trinajstić information content (AvgIpc) is 2.63. The van der Waals surface area contributed by atoms with E-state index >= 15 is 0 Å². The topological polar surface area (TPSA) is 33.2 Å². The molecule has 18 heavy (non-hydrogen) atoms. The summed E-state index contributed by atoms with van der Waals surface area (Å²) in [7, 11) is 0. The predicted octanol–water partition coefficient (Wildman–Crippen LogP) is 3.01. The highest BCUT2D eigenvalue weighted by atomic mass is 35.5. The Morgan fingerprint density at radius 2 is 2.06 bits per heavy atom. The molecule has 0 spiro atoms. The van der Waals surface area contributed by atoms with Crippen LogP contribution >= 0.6 is 23.2 Å². The smallest absolute Gasteiger partial charge is 0.267 e. The number of rotatable bonds is 1. The van der Waals surface area contributed by atoms with E-state index in [2.05, 4.69) is 4.98 Å². The minimum atomic E-state index is -2.92. The van der Waals surface area contributed by atoms with Gasteiger partial charge in [-0.3, -0.25) is 4.79 Å². The third-order valence-electron chi connectivity index (χ3n) is 2.57. The monoisotopic (exact) mass is 298 g/mol. The van der Waals surface area contributed by atoms with Gasteiger partial charge in [0, 0.05) is 13.0 Å². The molecule has 1 aliphatic heterocycles. The minimum Gasteiger partial charge on any atom is -0.332 e. The van der Waals surface area contributed by atoms with Crippen LogP contribution in [-0.2, 0) is 0 Å². The van der Waals surface area contributed by atoms with Crippen LogP contribution in [0.15, 0.2) is 6.07 Å². The molecule has 8 heteroatoms. The lowest BCUT2D eigenvalue weighted by molar-refractivity contribution is 0.0120. The molecule has 1 saturated heterocycles. The second-order valence-corrected chi connectivity index (χ2v) is 4.65. The number of hydrogen-bond donors (Lipinski definition) is 0. The molecule has 98 valence electrons. The fraction of sp³-hybridized carbons (Fsp3) is 0.400. The zero-order chi connectivity index (χ0) is 13.5. The van der Waals surface area contributed by atoms with E-state index in [1.165, 1.54) is 0 Å². The molecule has 0 saturated carbocycles. The van der Waals surface area contributed by atoms with Crippen LogP contribution in [0.4, 0.5) is 13.2 Å². The molecule has 3 nitrogen and oxygen atoms in total. The summed E-state index contributed by atoms with van der Waals surface area (Å²) in [6.07, 6.45) is -0.417. The fourth-order valence-electron chi connectivity index (χ4n) is 1.68. The molecule has 0 radical (unpaired) electrons. The Hall–Kier alpha value is -1.01. The van der Waals surface area contributed by atoms with Crippen LogP contribution in [0.25, 0.3) is 0 Å². The number of likely N-dealkylation sites (tertiary alicyclic amines) is 1. The van der Waals surface area contributed by atoms with Gasteiger partial charge in [0.05, 0.1) is 12.1 Å². The maximum absolute atomic E-state index is 13.2.